The third-order valence-corrected chi connectivity index (χ3v) is 5.05. The Balaban J connectivity index is 1.60. The highest BCUT2D eigenvalue weighted by molar-refractivity contribution is 6.04. The fraction of sp³-hybridized carbons (Fsp3) is 0.217. The summed E-state index contributed by atoms with van der Waals surface area (Å²) in [5.74, 6) is -0.141. The number of ether oxygens (including phenoxy) is 1. The van der Waals surface area contributed by atoms with Gasteiger partial charge >= 0.3 is 0 Å². The lowest BCUT2D eigenvalue weighted by molar-refractivity contribution is 0.0303. The van der Waals surface area contributed by atoms with Gasteiger partial charge in [0.05, 0.1) is 18.9 Å². The van der Waals surface area contributed by atoms with Crippen LogP contribution < -0.4 is 5.32 Å². The first-order valence-electron chi connectivity index (χ1n) is 9.93. The Labute approximate surface area is 179 Å². The molecule has 0 saturated carbocycles. The van der Waals surface area contributed by atoms with E-state index in [0.717, 1.165) is 0 Å². The van der Waals surface area contributed by atoms with Crippen LogP contribution in [0.15, 0.2) is 54.9 Å². The Hall–Kier alpha value is -3.65. The van der Waals surface area contributed by atoms with Crippen LogP contribution in [-0.2, 0) is 4.74 Å². The zero-order valence-electron chi connectivity index (χ0n) is 17.1. The molecule has 0 radical (unpaired) electrons. The van der Waals surface area contributed by atoms with Crippen molar-refractivity contribution in [1.82, 2.24) is 14.9 Å². The summed E-state index contributed by atoms with van der Waals surface area (Å²) in [5, 5.41) is 11.1. The summed E-state index contributed by atoms with van der Waals surface area (Å²) < 4.78 is 19.3. The molecular weight excluding hydrogens is 397 g/mol. The van der Waals surface area contributed by atoms with Crippen molar-refractivity contribution in [2.45, 2.75) is 6.92 Å². The van der Waals surface area contributed by atoms with Gasteiger partial charge in [0.15, 0.2) is 0 Å². The molecular formula is C23H22FN5O2. The first-order chi connectivity index (χ1) is 15.0. The Morgan fingerprint density at radius 1 is 1.13 bits per heavy atom. The first kappa shape index (κ1) is 20.6. The van der Waals surface area contributed by atoms with E-state index >= 15 is 0 Å². The molecule has 1 amide bonds. The zero-order chi connectivity index (χ0) is 21.8. The number of nitrogens with zero attached hydrogens (tertiary/aromatic N) is 3. The van der Waals surface area contributed by atoms with Crippen LogP contribution in [0.2, 0.25) is 0 Å². The Bertz CT molecular complexity index is 1110. The van der Waals surface area contributed by atoms with Gasteiger partial charge in [-0.2, -0.15) is 0 Å². The van der Waals surface area contributed by atoms with E-state index in [9.17, 15) is 9.18 Å². The number of aromatic nitrogens is 2. The molecule has 7 nitrogen and oxygen atoms in total. The fourth-order valence-electron chi connectivity index (χ4n) is 3.40. The molecule has 1 aromatic heterocycles. The number of hydrogen-bond donors (Lipinski definition) is 2. The second kappa shape index (κ2) is 9.01. The molecule has 4 rings (SSSR count). The highest BCUT2D eigenvalue weighted by Gasteiger charge is 2.20. The second-order valence-corrected chi connectivity index (χ2v) is 7.19. The molecule has 1 fully saturated rings. The number of carbonyl (C=O) groups is 1. The van der Waals surface area contributed by atoms with Crippen molar-refractivity contribution in [3.05, 3.63) is 71.8 Å². The molecule has 3 aromatic rings. The van der Waals surface area contributed by atoms with Crippen LogP contribution in [0.1, 0.15) is 22.8 Å². The standard InChI is InChI=1S/C23H22FN5O2/c1-15(25)18-7-6-16(22(30)29-8-10-31-11-9-29)12-21(18)28-23-26-13-17(14-27-23)19-4-2-3-5-20(19)24/h2-7,12-14,25H,8-11H2,1H3,(H,26,27,28). The number of amides is 1. The van der Waals surface area contributed by atoms with Gasteiger partial charge in [0, 0.05) is 53.4 Å². The van der Waals surface area contributed by atoms with Gasteiger partial charge < -0.3 is 20.4 Å². The number of anilines is 2. The number of hydrogen-bond acceptors (Lipinski definition) is 6. The summed E-state index contributed by atoms with van der Waals surface area (Å²) in [6.07, 6.45) is 3.07. The molecule has 0 bridgehead atoms. The number of halogens is 1. The van der Waals surface area contributed by atoms with Crippen molar-refractivity contribution < 1.29 is 13.9 Å². The minimum absolute atomic E-state index is 0.0867. The van der Waals surface area contributed by atoms with Crippen LogP contribution in [0, 0.1) is 11.2 Å². The molecule has 2 heterocycles. The van der Waals surface area contributed by atoms with Gasteiger partial charge in [-0.1, -0.05) is 24.3 Å². The summed E-state index contributed by atoms with van der Waals surface area (Å²) in [7, 11) is 0. The SMILES string of the molecule is CC(=N)c1ccc(C(=O)N2CCOCC2)cc1Nc1ncc(-c2ccccc2F)cn1. The maximum absolute atomic E-state index is 14.0. The van der Waals surface area contributed by atoms with Gasteiger partial charge in [-0.25, -0.2) is 14.4 Å². The van der Waals surface area contributed by atoms with Gasteiger partial charge in [0.1, 0.15) is 5.82 Å². The van der Waals surface area contributed by atoms with Crippen LogP contribution in [-0.4, -0.2) is 52.8 Å². The van der Waals surface area contributed by atoms with Gasteiger partial charge in [0.25, 0.3) is 5.91 Å². The summed E-state index contributed by atoms with van der Waals surface area (Å²) in [6, 6.07) is 11.6. The molecule has 0 spiro atoms. The lowest BCUT2D eigenvalue weighted by atomic mass is 10.0. The van der Waals surface area contributed by atoms with Gasteiger partial charge in [-0.3, -0.25) is 4.79 Å². The molecule has 158 valence electrons. The zero-order valence-corrected chi connectivity index (χ0v) is 17.1. The lowest BCUT2D eigenvalue weighted by Gasteiger charge is -2.27. The molecule has 0 unspecified atom stereocenters. The molecule has 8 heteroatoms. The maximum atomic E-state index is 14.0. The normalized spacial score (nSPS) is 13.7. The van der Waals surface area contributed by atoms with Crippen molar-refractivity contribution in [2.24, 2.45) is 0 Å². The molecule has 2 N–H and O–H groups in total. The van der Waals surface area contributed by atoms with E-state index in [1.54, 1.807) is 48.2 Å². The molecule has 1 aliphatic rings. The van der Waals surface area contributed by atoms with E-state index in [1.807, 2.05) is 0 Å². The van der Waals surface area contributed by atoms with E-state index < -0.39 is 0 Å². The van der Waals surface area contributed by atoms with Crippen molar-refractivity contribution >= 4 is 23.3 Å². The third-order valence-electron chi connectivity index (χ3n) is 5.05. The minimum Gasteiger partial charge on any atom is -0.378 e. The highest BCUT2D eigenvalue weighted by Crippen LogP contribution is 2.25. The first-order valence-corrected chi connectivity index (χ1v) is 9.93. The van der Waals surface area contributed by atoms with Gasteiger partial charge in [-0.05, 0) is 25.1 Å². The summed E-state index contributed by atoms with van der Waals surface area (Å²) >= 11 is 0. The Kier molecular flexibility index (Phi) is 5.99. The predicted octanol–water partition coefficient (Wildman–Crippen LogP) is 3.89. The van der Waals surface area contributed by atoms with Crippen molar-refractivity contribution in [3.8, 4) is 11.1 Å². The predicted molar refractivity (Wildman–Crippen MR) is 116 cm³/mol. The summed E-state index contributed by atoms with van der Waals surface area (Å²) in [4.78, 5) is 23.2. The molecule has 2 aromatic carbocycles. The molecule has 0 atom stereocenters. The van der Waals surface area contributed by atoms with Crippen LogP contribution in [0.5, 0.6) is 0 Å². The van der Waals surface area contributed by atoms with E-state index in [2.05, 4.69) is 15.3 Å². The van der Waals surface area contributed by atoms with E-state index in [-0.39, 0.29) is 11.7 Å². The lowest BCUT2D eigenvalue weighted by Crippen LogP contribution is -2.40. The van der Waals surface area contributed by atoms with Crippen LogP contribution in [0.25, 0.3) is 11.1 Å². The average molecular weight is 419 g/mol. The Morgan fingerprint density at radius 3 is 2.52 bits per heavy atom. The van der Waals surface area contributed by atoms with Crippen LogP contribution in [0.3, 0.4) is 0 Å². The monoisotopic (exact) mass is 419 g/mol. The maximum Gasteiger partial charge on any atom is 0.254 e. The van der Waals surface area contributed by atoms with Crippen molar-refractivity contribution in [2.75, 3.05) is 31.6 Å². The largest absolute Gasteiger partial charge is 0.378 e. The molecule has 1 saturated heterocycles. The van der Waals surface area contributed by atoms with Crippen LogP contribution in [0.4, 0.5) is 16.0 Å². The highest BCUT2D eigenvalue weighted by atomic mass is 19.1. The van der Waals surface area contributed by atoms with Crippen molar-refractivity contribution in [1.29, 1.82) is 5.41 Å². The number of rotatable bonds is 5. The fourth-order valence-corrected chi connectivity index (χ4v) is 3.40. The molecule has 31 heavy (non-hydrogen) atoms. The van der Waals surface area contributed by atoms with E-state index in [4.69, 9.17) is 10.1 Å². The third kappa shape index (κ3) is 4.59. The molecule has 0 aliphatic carbocycles. The smallest absolute Gasteiger partial charge is 0.254 e. The number of nitrogens with one attached hydrogen (secondary N) is 2. The molecule has 1 aliphatic heterocycles. The summed E-state index contributed by atoms with van der Waals surface area (Å²) in [6.45, 7) is 3.82. The topological polar surface area (TPSA) is 91.2 Å². The van der Waals surface area contributed by atoms with E-state index in [1.165, 1.54) is 18.5 Å². The van der Waals surface area contributed by atoms with E-state index in [0.29, 0.717) is 65.9 Å². The number of carbonyl (C=O) groups excluding carboxylic acids is 1. The van der Waals surface area contributed by atoms with Gasteiger partial charge in [-0.15, -0.1) is 0 Å². The number of morpholine rings is 1. The quantitative estimate of drug-likeness (QED) is 0.613. The average Bonchev–Trinajstić information content (AvgIpc) is 2.80. The van der Waals surface area contributed by atoms with Crippen LogP contribution >= 0.6 is 0 Å². The Morgan fingerprint density at radius 2 is 1.84 bits per heavy atom. The second-order valence-electron chi connectivity index (χ2n) is 7.19. The van der Waals surface area contributed by atoms with Gasteiger partial charge in [0.2, 0.25) is 5.95 Å². The minimum atomic E-state index is -0.345. The van der Waals surface area contributed by atoms with Crippen molar-refractivity contribution in [3.63, 3.8) is 0 Å². The number of benzene rings is 2. The summed E-state index contributed by atoms with van der Waals surface area (Å²) in [5.41, 5.74) is 3.03.